The Kier molecular flexibility index (Phi) is 7.14. The Morgan fingerprint density at radius 1 is 1.25 bits per heavy atom. The average Bonchev–Trinajstić information content (AvgIpc) is 2.75. The number of methoxy groups -OCH3 is 1. The van der Waals surface area contributed by atoms with Crippen molar-refractivity contribution in [2.45, 2.75) is 38.7 Å². The third-order valence-corrected chi connectivity index (χ3v) is 5.48. The van der Waals surface area contributed by atoms with Crippen molar-refractivity contribution < 1.29 is 19.1 Å². The van der Waals surface area contributed by atoms with Crippen LogP contribution in [0.5, 0.6) is 5.75 Å². The summed E-state index contributed by atoms with van der Waals surface area (Å²) >= 11 is 0. The van der Waals surface area contributed by atoms with Gasteiger partial charge in [-0.3, -0.25) is 9.69 Å². The van der Waals surface area contributed by atoms with E-state index in [0.717, 1.165) is 24.3 Å². The van der Waals surface area contributed by atoms with Crippen molar-refractivity contribution in [2.75, 3.05) is 44.8 Å². The Hall–Kier alpha value is -2.28. The monoisotopic (exact) mass is 389 g/mol. The number of para-hydroxylation sites is 2. The predicted molar refractivity (Wildman–Crippen MR) is 108 cm³/mol. The predicted octanol–water partition coefficient (Wildman–Crippen LogP) is 2.65. The fraction of sp³-hybridized carbons (Fsp3) is 0.619. The maximum absolute atomic E-state index is 13.2. The zero-order valence-corrected chi connectivity index (χ0v) is 16.9. The number of nitrogens with zero attached hydrogens (tertiary/aromatic N) is 2. The fourth-order valence-electron chi connectivity index (χ4n) is 3.77. The van der Waals surface area contributed by atoms with E-state index >= 15 is 0 Å². The van der Waals surface area contributed by atoms with E-state index in [1.54, 1.807) is 7.11 Å². The highest BCUT2D eigenvalue weighted by atomic mass is 16.5. The molecule has 7 nitrogen and oxygen atoms in total. The van der Waals surface area contributed by atoms with E-state index in [4.69, 9.17) is 9.47 Å². The van der Waals surface area contributed by atoms with Gasteiger partial charge in [0.15, 0.2) is 0 Å². The van der Waals surface area contributed by atoms with Crippen LogP contribution >= 0.6 is 0 Å². The average molecular weight is 389 g/mol. The highest BCUT2D eigenvalue weighted by Gasteiger charge is 2.34. The molecule has 3 rings (SSSR count). The number of rotatable bonds is 6. The van der Waals surface area contributed by atoms with Crippen molar-refractivity contribution in [3.63, 3.8) is 0 Å². The molecule has 1 N–H and O–H groups in total. The van der Waals surface area contributed by atoms with Gasteiger partial charge in [-0.1, -0.05) is 19.1 Å². The van der Waals surface area contributed by atoms with E-state index in [2.05, 4.69) is 12.2 Å². The van der Waals surface area contributed by atoms with Crippen molar-refractivity contribution in [2.24, 2.45) is 5.92 Å². The molecule has 7 heteroatoms. The first kappa shape index (κ1) is 20.5. The number of carbonyl (C=O) groups is 2. The lowest BCUT2D eigenvalue weighted by molar-refractivity contribution is -0.126. The SMILES string of the molecule is CC[C@H]1CN(C(=O)N2CCC(C(=O)NCCCOC)CC2)c2ccccc2O1. The first-order valence-corrected chi connectivity index (χ1v) is 10.2. The van der Waals surface area contributed by atoms with Gasteiger partial charge in [-0.15, -0.1) is 0 Å². The smallest absolute Gasteiger partial charge is 0.324 e. The molecule has 0 spiro atoms. The molecule has 2 aliphatic rings. The molecule has 1 aromatic rings. The second kappa shape index (κ2) is 9.78. The normalized spacial score (nSPS) is 19.7. The minimum atomic E-state index is -0.0213. The number of nitrogens with one attached hydrogen (secondary N) is 1. The highest BCUT2D eigenvalue weighted by molar-refractivity contribution is 5.94. The molecule has 0 bridgehead atoms. The third-order valence-electron chi connectivity index (χ3n) is 5.48. The van der Waals surface area contributed by atoms with Crippen LogP contribution in [-0.4, -0.2) is 62.8 Å². The van der Waals surface area contributed by atoms with E-state index in [9.17, 15) is 9.59 Å². The molecule has 0 aliphatic carbocycles. The summed E-state index contributed by atoms with van der Waals surface area (Å²) in [7, 11) is 1.66. The van der Waals surface area contributed by atoms with Gasteiger partial charge in [0.2, 0.25) is 5.91 Å². The molecular formula is C21H31N3O4. The molecule has 2 heterocycles. The zero-order chi connectivity index (χ0) is 19.9. The van der Waals surface area contributed by atoms with Gasteiger partial charge in [-0.25, -0.2) is 4.79 Å². The maximum Gasteiger partial charge on any atom is 0.324 e. The lowest BCUT2D eigenvalue weighted by Crippen LogP contribution is -2.52. The number of benzene rings is 1. The molecule has 0 radical (unpaired) electrons. The van der Waals surface area contributed by atoms with Crippen molar-refractivity contribution in [3.8, 4) is 5.75 Å². The molecule has 28 heavy (non-hydrogen) atoms. The van der Waals surface area contributed by atoms with Crippen molar-refractivity contribution >= 4 is 17.6 Å². The van der Waals surface area contributed by atoms with Crippen LogP contribution in [0.2, 0.25) is 0 Å². The zero-order valence-electron chi connectivity index (χ0n) is 16.9. The lowest BCUT2D eigenvalue weighted by Gasteiger charge is -2.39. The largest absolute Gasteiger partial charge is 0.486 e. The Morgan fingerprint density at radius 2 is 2.00 bits per heavy atom. The van der Waals surface area contributed by atoms with Gasteiger partial charge < -0.3 is 19.7 Å². The summed E-state index contributed by atoms with van der Waals surface area (Å²) in [5, 5.41) is 2.97. The second-order valence-corrected chi connectivity index (χ2v) is 7.41. The summed E-state index contributed by atoms with van der Waals surface area (Å²) in [5.41, 5.74) is 0.829. The van der Waals surface area contributed by atoms with Gasteiger partial charge >= 0.3 is 6.03 Å². The van der Waals surface area contributed by atoms with Crippen LogP contribution in [0.1, 0.15) is 32.6 Å². The Balaban J connectivity index is 1.56. The van der Waals surface area contributed by atoms with Gasteiger partial charge in [0.25, 0.3) is 0 Å². The van der Waals surface area contributed by atoms with Gasteiger partial charge in [-0.05, 0) is 37.8 Å². The number of carbonyl (C=O) groups excluding carboxylic acids is 2. The Morgan fingerprint density at radius 3 is 2.71 bits per heavy atom. The number of amides is 3. The summed E-state index contributed by atoms with van der Waals surface area (Å²) in [4.78, 5) is 29.2. The molecule has 0 unspecified atom stereocenters. The number of urea groups is 1. The van der Waals surface area contributed by atoms with Crippen LogP contribution in [0.3, 0.4) is 0 Å². The first-order valence-electron chi connectivity index (χ1n) is 10.2. The number of ether oxygens (including phenoxy) is 2. The molecule has 2 aliphatic heterocycles. The van der Waals surface area contributed by atoms with Crippen LogP contribution in [-0.2, 0) is 9.53 Å². The molecule has 1 saturated heterocycles. The summed E-state index contributed by atoms with van der Waals surface area (Å²) < 4.78 is 11.0. The number of fused-ring (bicyclic) bond motifs is 1. The molecular weight excluding hydrogens is 358 g/mol. The molecule has 0 saturated carbocycles. The molecule has 1 aromatic carbocycles. The van der Waals surface area contributed by atoms with E-state index < -0.39 is 0 Å². The van der Waals surface area contributed by atoms with E-state index in [1.165, 1.54) is 0 Å². The molecule has 3 amide bonds. The van der Waals surface area contributed by atoms with E-state index in [1.807, 2.05) is 34.1 Å². The highest BCUT2D eigenvalue weighted by Crippen LogP contribution is 2.34. The van der Waals surface area contributed by atoms with Gasteiger partial charge in [-0.2, -0.15) is 0 Å². The minimum Gasteiger partial charge on any atom is -0.486 e. The van der Waals surface area contributed by atoms with Crippen LogP contribution in [0, 0.1) is 5.92 Å². The van der Waals surface area contributed by atoms with Crippen molar-refractivity contribution in [1.82, 2.24) is 10.2 Å². The molecule has 154 valence electrons. The fourth-order valence-corrected chi connectivity index (χ4v) is 3.77. The van der Waals surface area contributed by atoms with Crippen LogP contribution < -0.4 is 15.0 Å². The van der Waals surface area contributed by atoms with Gasteiger partial charge in [0, 0.05) is 39.3 Å². The summed E-state index contributed by atoms with van der Waals surface area (Å²) in [6.45, 7) is 5.11. The number of hydrogen-bond donors (Lipinski definition) is 1. The van der Waals surface area contributed by atoms with Crippen molar-refractivity contribution in [3.05, 3.63) is 24.3 Å². The van der Waals surface area contributed by atoms with Crippen LogP contribution in [0.25, 0.3) is 0 Å². The van der Waals surface area contributed by atoms with E-state index in [-0.39, 0.29) is 24.0 Å². The number of piperidine rings is 1. The molecule has 1 atom stereocenters. The number of likely N-dealkylation sites (tertiary alicyclic amines) is 1. The number of anilines is 1. The maximum atomic E-state index is 13.2. The minimum absolute atomic E-state index is 0.00755. The van der Waals surface area contributed by atoms with E-state index in [0.29, 0.717) is 45.6 Å². The Labute approximate surface area is 167 Å². The quantitative estimate of drug-likeness (QED) is 0.760. The van der Waals surface area contributed by atoms with Crippen LogP contribution in [0.4, 0.5) is 10.5 Å². The second-order valence-electron chi connectivity index (χ2n) is 7.41. The number of hydrogen-bond acceptors (Lipinski definition) is 4. The van der Waals surface area contributed by atoms with Crippen molar-refractivity contribution in [1.29, 1.82) is 0 Å². The molecule has 1 fully saturated rings. The summed E-state index contributed by atoms with van der Waals surface area (Å²) in [6.07, 6.45) is 3.07. The molecule has 0 aromatic heterocycles. The van der Waals surface area contributed by atoms with Gasteiger partial charge in [0.05, 0.1) is 12.2 Å². The van der Waals surface area contributed by atoms with Gasteiger partial charge in [0.1, 0.15) is 11.9 Å². The summed E-state index contributed by atoms with van der Waals surface area (Å²) in [6, 6.07) is 7.70. The van der Waals surface area contributed by atoms with Crippen LogP contribution in [0.15, 0.2) is 24.3 Å². The third kappa shape index (κ3) is 4.76. The first-order chi connectivity index (χ1) is 13.6. The summed E-state index contributed by atoms with van der Waals surface area (Å²) in [5.74, 6) is 0.831. The topological polar surface area (TPSA) is 71.1 Å². The standard InChI is InChI=1S/C21H31N3O4/c1-3-17-15-24(18-7-4-5-8-19(18)28-17)21(26)23-12-9-16(10-13-23)20(25)22-11-6-14-27-2/h4-5,7-8,16-17H,3,6,9-15H2,1-2H3,(H,22,25)/t17-/m0/s1. The Bertz CT molecular complexity index is 673. The lowest BCUT2D eigenvalue weighted by atomic mass is 9.96.